The molecule has 27 heavy (non-hydrogen) atoms. The molecule has 2 aromatic rings. The van der Waals surface area contributed by atoms with Gasteiger partial charge in [-0.2, -0.15) is 23.4 Å². The van der Waals surface area contributed by atoms with Crippen LogP contribution in [0.1, 0.15) is 25.1 Å². The fraction of sp³-hybridized carbons (Fsp3) is 0.562. The van der Waals surface area contributed by atoms with Crippen LogP contribution in [-0.2, 0) is 31.0 Å². The van der Waals surface area contributed by atoms with Crippen molar-refractivity contribution in [2.24, 2.45) is 7.05 Å². The van der Waals surface area contributed by atoms with Crippen molar-refractivity contribution in [3.05, 3.63) is 34.3 Å². The Labute approximate surface area is 163 Å². The van der Waals surface area contributed by atoms with Crippen LogP contribution in [0.4, 0.5) is 13.2 Å². The van der Waals surface area contributed by atoms with Gasteiger partial charge in [0.05, 0.1) is 24.3 Å². The number of nitrogens with one attached hydrogen (secondary N) is 2. The molecule has 0 spiro atoms. The Hall–Kier alpha value is -1.88. The van der Waals surface area contributed by atoms with Crippen molar-refractivity contribution in [1.29, 1.82) is 0 Å². The molecular weight excluding hydrogens is 429 g/mol. The number of amides is 1. The first-order chi connectivity index (χ1) is 12.4. The van der Waals surface area contributed by atoms with E-state index in [4.69, 9.17) is 0 Å². The first kappa shape index (κ1) is 21.4. The van der Waals surface area contributed by atoms with E-state index in [9.17, 15) is 18.0 Å². The molecule has 1 amide bonds. The van der Waals surface area contributed by atoms with Gasteiger partial charge in [-0.05, 0) is 48.8 Å². The van der Waals surface area contributed by atoms with E-state index in [1.165, 1.54) is 4.68 Å². The highest BCUT2D eigenvalue weighted by Crippen LogP contribution is 2.30. The Morgan fingerprint density at radius 3 is 2.52 bits per heavy atom. The number of nitrogens with zero attached hydrogens (tertiary/aromatic N) is 4. The Balaban J connectivity index is 2.05. The van der Waals surface area contributed by atoms with E-state index < -0.39 is 23.5 Å². The highest BCUT2D eigenvalue weighted by molar-refractivity contribution is 9.10. The van der Waals surface area contributed by atoms with E-state index in [1.807, 2.05) is 6.20 Å². The van der Waals surface area contributed by atoms with Crippen molar-refractivity contribution in [2.75, 3.05) is 7.05 Å². The zero-order valence-corrected chi connectivity index (χ0v) is 17.0. The number of halogens is 4. The third-order valence-corrected chi connectivity index (χ3v) is 4.53. The van der Waals surface area contributed by atoms with Crippen LogP contribution >= 0.6 is 15.9 Å². The number of rotatable bonds is 7. The van der Waals surface area contributed by atoms with Gasteiger partial charge in [0.1, 0.15) is 4.60 Å². The van der Waals surface area contributed by atoms with Gasteiger partial charge in [-0.25, -0.2) is 0 Å². The van der Waals surface area contributed by atoms with Crippen LogP contribution in [0.5, 0.6) is 0 Å². The van der Waals surface area contributed by atoms with Gasteiger partial charge in [0, 0.05) is 19.3 Å². The number of hydrogen-bond donors (Lipinski definition) is 2. The molecule has 0 unspecified atom stereocenters. The number of alkyl halides is 3. The molecule has 2 aromatic heterocycles. The summed E-state index contributed by atoms with van der Waals surface area (Å²) in [6.45, 7) is 3.52. The predicted octanol–water partition coefficient (Wildman–Crippen LogP) is 2.12. The molecule has 2 heterocycles. The van der Waals surface area contributed by atoms with Crippen molar-refractivity contribution < 1.29 is 18.0 Å². The van der Waals surface area contributed by atoms with Crippen LogP contribution in [-0.4, -0.2) is 44.1 Å². The van der Waals surface area contributed by atoms with Gasteiger partial charge in [-0.1, -0.05) is 0 Å². The first-order valence-corrected chi connectivity index (χ1v) is 8.98. The molecule has 0 aliphatic carbocycles. The highest BCUT2D eigenvalue weighted by Gasteiger charge is 2.35. The minimum absolute atomic E-state index is 0.0682. The molecule has 0 aliphatic heterocycles. The minimum atomic E-state index is -4.53. The van der Waals surface area contributed by atoms with Gasteiger partial charge in [0.25, 0.3) is 0 Å². The molecule has 0 aromatic carbocycles. The summed E-state index contributed by atoms with van der Waals surface area (Å²) in [7, 11) is 3.46. The van der Waals surface area contributed by atoms with Crippen LogP contribution in [0.25, 0.3) is 0 Å². The Morgan fingerprint density at radius 2 is 2.04 bits per heavy atom. The van der Waals surface area contributed by atoms with Crippen LogP contribution in [0, 0.1) is 0 Å². The molecule has 11 heteroatoms. The molecule has 2 N–H and O–H groups in total. The fourth-order valence-corrected chi connectivity index (χ4v) is 3.04. The molecule has 2 rings (SSSR count). The van der Waals surface area contributed by atoms with Crippen molar-refractivity contribution >= 4 is 21.8 Å². The van der Waals surface area contributed by atoms with Gasteiger partial charge >= 0.3 is 6.18 Å². The Kier molecular flexibility index (Phi) is 6.35. The Bertz CT molecular complexity index is 798. The van der Waals surface area contributed by atoms with Gasteiger partial charge in [-0.3, -0.25) is 14.2 Å². The first-order valence-electron chi connectivity index (χ1n) is 8.18. The number of carbonyl (C=O) groups excluding carboxylic acids is 1. The van der Waals surface area contributed by atoms with Gasteiger partial charge in [0.15, 0.2) is 5.69 Å². The molecule has 0 radical (unpaired) electrons. The van der Waals surface area contributed by atoms with E-state index in [0.29, 0.717) is 6.42 Å². The molecule has 150 valence electrons. The topological polar surface area (TPSA) is 76.8 Å². The number of aromatic nitrogens is 4. The molecule has 0 saturated heterocycles. The molecule has 7 nitrogen and oxygen atoms in total. The molecule has 0 aliphatic rings. The summed E-state index contributed by atoms with van der Waals surface area (Å²) in [5.74, 6) is -0.259. The van der Waals surface area contributed by atoms with Crippen LogP contribution in [0.3, 0.4) is 0 Å². The smallest absolute Gasteiger partial charge is 0.348 e. The van der Waals surface area contributed by atoms with Gasteiger partial charge in [0.2, 0.25) is 5.91 Å². The predicted molar refractivity (Wildman–Crippen MR) is 96.9 cm³/mol. The number of carbonyl (C=O) groups is 1. The SMILES string of the molecule is CN[C@H](Cc1cnn(C)c1)C(=O)NC(C)(C)Cn1nc(C(F)(F)F)cc1Br. The van der Waals surface area contributed by atoms with E-state index in [0.717, 1.165) is 11.6 Å². The maximum Gasteiger partial charge on any atom is 0.435 e. The van der Waals surface area contributed by atoms with Gasteiger partial charge < -0.3 is 10.6 Å². The summed E-state index contributed by atoms with van der Waals surface area (Å²) in [5.41, 5.74) is -0.908. The van der Waals surface area contributed by atoms with Crippen LogP contribution < -0.4 is 10.6 Å². The zero-order chi connectivity index (χ0) is 20.4. The molecule has 0 fully saturated rings. The zero-order valence-electron chi connectivity index (χ0n) is 15.4. The van der Waals surface area contributed by atoms with Crippen LogP contribution in [0.15, 0.2) is 23.1 Å². The average molecular weight is 451 g/mol. The van der Waals surface area contributed by atoms with E-state index in [1.54, 1.807) is 38.8 Å². The number of hydrogen-bond acceptors (Lipinski definition) is 4. The van der Waals surface area contributed by atoms with E-state index in [2.05, 4.69) is 36.8 Å². The lowest BCUT2D eigenvalue weighted by molar-refractivity contribution is -0.141. The Morgan fingerprint density at radius 1 is 1.37 bits per heavy atom. The number of aryl methyl sites for hydroxylation is 1. The molecule has 0 bridgehead atoms. The van der Waals surface area contributed by atoms with Crippen molar-refractivity contribution in [3.8, 4) is 0 Å². The second-order valence-electron chi connectivity index (χ2n) is 6.95. The normalized spacial score (nSPS) is 13.6. The summed E-state index contributed by atoms with van der Waals surface area (Å²) >= 11 is 3.08. The number of likely N-dealkylation sites (N-methyl/N-ethyl adjacent to an activating group) is 1. The minimum Gasteiger partial charge on any atom is -0.348 e. The lowest BCUT2D eigenvalue weighted by Gasteiger charge is -2.29. The summed E-state index contributed by atoms with van der Waals surface area (Å²) < 4.78 is 41.4. The summed E-state index contributed by atoms with van der Waals surface area (Å²) in [6.07, 6.45) is -0.581. The fourth-order valence-electron chi connectivity index (χ4n) is 2.62. The maximum atomic E-state index is 12.8. The molecule has 0 saturated carbocycles. The summed E-state index contributed by atoms with van der Waals surface area (Å²) in [4.78, 5) is 12.6. The summed E-state index contributed by atoms with van der Waals surface area (Å²) in [6, 6.07) is 0.414. The molecular formula is C16H22BrF3N6O. The lowest BCUT2D eigenvalue weighted by Crippen LogP contribution is -2.53. The van der Waals surface area contributed by atoms with E-state index >= 15 is 0 Å². The molecule has 1 atom stereocenters. The average Bonchev–Trinajstić information content (AvgIpc) is 3.09. The van der Waals surface area contributed by atoms with Crippen molar-refractivity contribution in [3.63, 3.8) is 0 Å². The third kappa shape index (κ3) is 5.80. The second-order valence-corrected chi connectivity index (χ2v) is 7.76. The standard InChI is InChI=1S/C16H22BrF3N6O/c1-15(2,9-26-13(17)6-12(24-26)16(18,19)20)23-14(27)11(21-3)5-10-7-22-25(4)8-10/h6-8,11,21H,5,9H2,1-4H3,(H,23,27)/t11-/m1/s1. The van der Waals surface area contributed by atoms with Crippen LogP contribution in [0.2, 0.25) is 0 Å². The van der Waals surface area contributed by atoms with E-state index in [-0.39, 0.29) is 17.1 Å². The third-order valence-electron chi connectivity index (χ3n) is 3.89. The van der Waals surface area contributed by atoms with Crippen molar-refractivity contribution in [1.82, 2.24) is 30.2 Å². The second kappa shape index (κ2) is 8.01. The van der Waals surface area contributed by atoms with Crippen molar-refractivity contribution in [2.45, 2.75) is 44.6 Å². The highest BCUT2D eigenvalue weighted by atomic mass is 79.9. The monoisotopic (exact) mass is 450 g/mol. The quantitative estimate of drug-likeness (QED) is 0.677. The largest absolute Gasteiger partial charge is 0.435 e. The summed E-state index contributed by atoms with van der Waals surface area (Å²) in [5, 5.41) is 13.5. The van der Waals surface area contributed by atoms with Gasteiger partial charge in [-0.15, -0.1) is 0 Å². The lowest BCUT2D eigenvalue weighted by atomic mass is 10.0. The maximum absolute atomic E-state index is 12.8.